The standard InChI is InChI=1S/C21H30ClN5O4SSi/c1-14(28)12-23-19-17-18(15-8-6-7-9-16(15)22)26-27(13-31-10-11-33(3,4)5)20(17)25-21(24-19)32(2,29)30/h6-9,14,28H,10-13H2,1-5H3,(H,23,24,25)/t14-/m0/s1. The summed E-state index contributed by atoms with van der Waals surface area (Å²) in [7, 11) is -4.99. The van der Waals surface area contributed by atoms with E-state index in [2.05, 4.69) is 40.0 Å². The van der Waals surface area contributed by atoms with Crippen LogP contribution in [-0.2, 0) is 21.3 Å². The Morgan fingerprint density at radius 2 is 1.94 bits per heavy atom. The Hall–Kier alpha value is -2.05. The van der Waals surface area contributed by atoms with Crippen LogP contribution in [0.5, 0.6) is 0 Å². The highest BCUT2D eigenvalue weighted by atomic mass is 35.5. The van der Waals surface area contributed by atoms with Gasteiger partial charge in [-0.3, -0.25) is 0 Å². The molecule has 180 valence electrons. The van der Waals surface area contributed by atoms with E-state index < -0.39 is 24.0 Å². The fraction of sp³-hybridized carbons (Fsp3) is 0.476. The third kappa shape index (κ3) is 6.51. The number of hydrogen-bond acceptors (Lipinski definition) is 8. The second-order valence-electron chi connectivity index (χ2n) is 9.23. The zero-order valence-corrected chi connectivity index (χ0v) is 22.0. The number of aliphatic hydroxyl groups excluding tert-OH is 1. The van der Waals surface area contributed by atoms with Crippen LogP contribution in [0.4, 0.5) is 5.82 Å². The Morgan fingerprint density at radius 3 is 2.55 bits per heavy atom. The molecule has 0 spiro atoms. The molecule has 0 aliphatic heterocycles. The lowest BCUT2D eigenvalue weighted by Crippen LogP contribution is -2.22. The fourth-order valence-electron chi connectivity index (χ4n) is 3.05. The topological polar surface area (TPSA) is 119 Å². The van der Waals surface area contributed by atoms with Crippen molar-refractivity contribution in [2.45, 2.75) is 50.6 Å². The molecule has 2 heterocycles. The molecule has 0 saturated heterocycles. The average Bonchev–Trinajstić information content (AvgIpc) is 3.07. The summed E-state index contributed by atoms with van der Waals surface area (Å²) in [6.45, 7) is 9.24. The predicted octanol–water partition coefficient (Wildman–Crippen LogP) is 3.66. The van der Waals surface area contributed by atoms with E-state index in [9.17, 15) is 13.5 Å². The maximum atomic E-state index is 12.3. The van der Waals surface area contributed by atoms with Gasteiger partial charge in [-0.1, -0.05) is 49.4 Å². The summed E-state index contributed by atoms with van der Waals surface area (Å²) >= 11 is 6.46. The van der Waals surface area contributed by atoms with Crippen molar-refractivity contribution in [2.75, 3.05) is 24.7 Å². The Morgan fingerprint density at radius 1 is 1.24 bits per heavy atom. The highest BCUT2D eigenvalue weighted by molar-refractivity contribution is 7.90. The zero-order valence-electron chi connectivity index (χ0n) is 19.5. The predicted molar refractivity (Wildman–Crippen MR) is 133 cm³/mol. The van der Waals surface area contributed by atoms with Crippen molar-refractivity contribution in [3.05, 3.63) is 29.3 Å². The molecule has 33 heavy (non-hydrogen) atoms. The molecule has 9 nitrogen and oxygen atoms in total. The number of halogens is 1. The summed E-state index contributed by atoms with van der Waals surface area (Å²) in [5, 5.41) is 18.1. The maximum Gasteiger partial charge on any atom is 0.250 e. The Bertz CT molecular complexity index is 1240. The van der Waals surface area contributed by atoms with Crippen LogP contribution < -0.4 is 5.32 Å². The van der Waals surface area contributed by atoms with Gasteiger partial charge < -0.3 is 15.2 Å². The first-order valence-electron chi connectivity index (χ1n) is 10.6. The van der Waals surface area contributed by atoms with Gasteiger partial charge in [0.05, 0.1) is 16.5 Å². The molecule has 1 aromatic carbocycles. The maximum absolute atomic E-state index is 12.3. The number of ether oxygens (including phenoxy) is 1. The molecular formula is C21H30ClN5O4SSi. The minimum absolute atomic E-state index is 0.0987. The van der Waals surface area contributed by atoms with Crippen LogP contribution in [0.2, 0.25) is 30.7 Å². The van der Waals surface area contributed by atoms with Gasteiger partial charge in [0.15, 0.2) is 5.65 Å². The molecule has 3 rings (SSSR count). The summed E-state index contributed by atoms with van der Waals surface area (Å²) in [4.78, 5) is 8.57. The van der Waals surface area contributed by atoms with E-state index in [0.29, 0.717) is 33.9 Å². The second kappa shape index (κ2) is 10.1. The van der Waals surface area contributed by atoms with Gasteiger partial charge in [-0.2, -0.15) is 10.1 Å². The molecule has 3 aromatic rings. The first-order chi connectivity index (χ1) is 15.4. The van der Waals surface area contributed by atoms with E-state index >= 15 is 0 Å². The molecule has 0 unspecified atom stereocenters. The van der Waals surface area contributed by atoms with Crippen molar-refractivity contribution in [2.24, 2.45) is 0 Å². The molecule has 0 aliphatic rings. The second-order valence-corrected chi connectivity index (χ2v) is 17.2. The van der Waals surface area contributed by atoms with Crippen molar-refractivity contribution in [1.82, 2.24) is 19.7 Å². The highest BCUT2D eigenvalue weighted by Gasteiger charge is 2.24. The number of sulfone groups is 1. The number of hydrogen-bond donors (Lipinski definition) is 2. The number of nitrogens with zero attached hydrogens (tertiary/aromatic N) is 4. The van der Waals surface area contributed by atoms with Gasteiger partial charge in [0.1, 0.15) is 18.2 Å². The SMILES string of the molecule is C[C@H](O)CNc1nc(S(C)(=O)=O)nc2c1c(-c1ccccc1Cl)nn2COCC[Si](C)(C)C. The quantitative estimate of drug-likeness (QED) is 0.240. The summed E-state index contributed by atoms with van der Waals surface area (Å²) in [5.41, 5.74) is 1.46. The van der Waals surface area contributed by atoms with Crippen LogP contribution in [0.3, 0.4) is 0 Å². The lowest BCUT2D eigenvalue weighted by atomic mass is 10.1. The van der Waals surface area contributed by atoms with Gasteiger partial charge in [0, 0.05) is 33.0 Å². The fourth-order valence-corrected chi connectivity index (χ4v) is 4.54. The van der Waals surface area contributed by atoms with E-state index in [-0.39, 0.29) is 24.2 Å². The van der Waals surface area contributed by atoms with Crippen molar-refractivity contribution in [3.63, 3.8) is 0 Å². The monoisotopic (exact) mass is 511 g/mol. The molecule has 0 fully saturated rings. The highest BCUT2D eigenvalue weighted by Crippen LogP contribution is 2.36. The number of fused-ring (bicyclic) bond motifs is 1. The van der Waals surface area contributed by atoms with Crippen LogP contribution >= 0.6 is 11.6 Å². The summed E-state index contributed by atoms with van der Waals surface area (Å²) in [6.07, 6.45) is 0.368. The zero-order chi connectivity index (χ0) is 24.4. The van der Waals surface area contributed by atoms with Crippen molar-refractivity contribution < 1.29 is 18.3 Å². The van der Waals surface area contributed by atoms with Gasteiger partial charge in [-0.05, 0) is 19.0 Å². The summed E-state index contributed by atoms with van der Waals surface area (Å²) in [6, 6.07) is 8.21. The Kier molecular flexibility index (Phi) is 7.79. The lowest BCUT2D eigenvalue weighted by molar-refractivity contribution is 0.0814. The molecule has 1 atom stereocenters. The number of aromatic nitrogens is 4. The van der Waals surface area contributed by atoms with Gasteiger partial charge in [-0.25, -0.2) is 18.1 Å². The first kappa shape index (κ1) is 25.6. The van der Waals surface area contributed by atoms with Gasteiger partial charge in [0.25, 0.3) is 5.16 Å². The number of anilines is 1. The smallest absolute Gasteiger partial charge is 0.250 e. The molecule has 0 aliphatic carbocycles. The van der Waals surface area contributed by atoms with Crippen LogP contribution in [-0.4, -0.2) is 66.9 Å². The number of rotatable bonds is 10. The van der Waals surface area contributed by atoms with E-state index in [1.807, 2.05) is 18.2 Å². The van der Waals surface area contributed by atoms with Crippen molar-refractivity contribution in [3.8, 4) is 11.3 Å². The minimum atomic E-state index is -3.71. The molecule has 2 N–H and O–H groups in total. The molecule has 12 heteroatoms. The first-order valence-corrected chi connectivity index (χ1v) is 16.6. The van der Waals surface area contributed by atoms with E-state index in [1.54, 1.807) is 13.0 Å². The normalized spacial score (nSPS) is 13.4. The van der Waals surface area contributed by atoms with Crippen LogP contribution in [0.25, 0.3) is 22.3 Å². The van der Waals surface area contributed by atoms with Gasteiger partial charge in [-0.15, -0.1) is 0 Å². The Balaban J connectivity index is 2.18. The number of nitrogens with one attached hydrogen (secondary N) is 1. The van der Waals surface area contributed by atoms with Crippen LogP contribution in [0, 0.1) is 0 Å². The lowest BCUT2D eigenvalue weighted by Gasteiger charge is -2.15. The van der Waals surface area contributed by atoms with E-state index in [1.165, 1.54) is 4.68 Å². The number of benzene rings is 1. The van der Waals surface area contributed by atoms with Crippen LogP contribution in [0.1, 0.15) is 6.92 Å². The largest absolute Gasteiger partial charge is 0.392 e. The summed E-state index contributed by atoms with van der Waals surface area (Å²) < 4.78 is 32.0. The van der Waals surface area contributed by atoms with E-state index in [0.717, 1.165) is 12.3 Å². The number of aliphatic hydroxyl groups is 1. The van der Waals surface area contributed by atoms with Crippen molar-refractivity contribution in [1.29, 1.82) is 0 Å². The Labute approximate surface area is 200 Å². The van der Waals surface area contributed by atoms with Crippen LogP contribution in [0.15, 0.2) is 29.4 Å². The molecule has 0 amide bonds. The van der Waals surface area contributed by atoms with Gasteiger partial charge >= 0.3 is 0 Å². The molecule has 0 radical (unpaired) electrons. The third-order valence-electron chi connectivity index (χ3n) is 4.81. The average molecular weight is 512 g/mol. The molecule has 0 saturated carbocycles. The van der Waals surface area contributed by atoms with E-state index in [4.69, 9.17) is 16.3 Å². The van der Waals surface area contributed by atoms with Gasteiger partial charge in [0.2, 0.25) is 9.84 Å². The summed E-state index contributed by atoms with van der Waals surface area (Å²) in [5.74, 6) is 0.254. The minimum Gasteiger partial charge on any atom is -0.392 e. The van der Waals surface area contributed by atoms with Crippen molar-refractivity contribution >= 4 is 46.4 Å². The third-order valence-corrected chi connectivity index (χ3v) is 7.69. The molecule has 0 bridgehead atoms. The molecular weight excluding hydrogens is 482 g/mol. The molecule has 2 aromatic heterocycles.